The first-order valence-electron chi connectivity index (χ1n) is 6.76. The number of hydrogen-bond acceptors (Lipinski definition) is 4. The Balaban J connectivity index is 2.43. The number of hydrogen-bond donors (Lipinski definition) is 2. The van der Waals surface area contributed by atoms with Gasteiger partial charge in [-0.15, -0.1) is 0 Å². The van der Waals surface area contributed by atoms with Crippen molar-refractivity contribution >= 4 is 5.91 Å². The molecule has 0 aromatic carbocycles. The molecule has 0 bridgehead atoms. The van der Waals surface area contributed by atoms with Gasteiger partial charge in [0, 0.05) is 19.7 Å². The lowest BCUT2D eigenvalue weighted by Crippen LogP contribution is -2.53. The Morgan fingerprint density at radius 2 is 2.22 bits per heavy atom. The van der Waals surface area contributed by atoms with Crippen LogP contribution < -0.4 is 5.32 Å². The van der Waals surface area contributed by atoms with E-state index in [1.807, 2.05) is 0 Å². The fourth-order valence-electron chi connectivity index (χ4n) is 2.44. The van der Waals surface area contributed by atoms with Crippen molar-refractivity contribution in [2.45, 2.75) is 51.3 Å². The highest BCUT2D eigenvalue weighted by Crippen LogP contribution is 2.19. The van der Waals surface area contributed by atoms with Crippen LogP contribution in [-0.2, 0) is 9.53 Å². The minimum Gasteiger partial charge on any atom is -0.389 e. The quantitative estimate of drug-likeness (QED) is 0.723. The first-order valence-corrected chi connectivity index (χ1v) is 6.76. The van der Waals surface area contributed by atoms with E-state index in [0.717, 1.165) is 25.8 Å². The fourth-order valence-corrected chi connectivity index (χ4v) is 2.44. The first-order chi connectivity index (χ1) is 8.56. The standard InChI is InChI=1S/C13H26N2O3/c1-10(2)15-7-5-4-6-12(15)13(17)14-8-11(16)9-18-3/h10-12,16H,4-9H2,1-3H3,(H,14,17). The van der Waals surface area contributed by atoms with Crippen molar-refractivity contribution in [1.29, 1.82) is 0 Å². The van der Waals surface area contributed by atoms with Crippen LogP contribution in [-0.4, -0.2) is 60.9 Å². The zero-order chi connectivity index (χ0) is 13.5. The molecule has 5 heteroatoms. The molecule has 0 saturated carbocycles. The number of methoxy groups -OCH3 is 1. The van der Waals surface area contributed by atoms with Gasteiger partial charge in [-0.2, -0.15) is 0 Å². The lowest BCUT2D eigenvalue weighted by molar-refractivity contribution is -0.129. The molecular formula is C13H26N2O3. The summed E-state index contributed by atoms with van der Waals surface area (Å²) in [4.78, 5) is 14.4. The van der Waals surface area contributed by atoms with Gasteiger partial charge in [0.1, 0.15) is 0 Å². The van der Waals surface area contributed by atoms with Crippen LogP contribution in [0.2, 0.25) is 0 Å². The molecule has 1 rings (SSSR count). The van der Waals surface area contributed by atoms with Crippen molar-refractivity contribution < 1.29 is 14.6 Å². The van der Waals surface area contributed by atoms with E-state index in [1.54, 1.807) is 0 Å². The maximum absolute atomic E-state index is 12.1. The second kappa shape index (κ2) is 7.71. The number of likely N-dealkylation sites (tertiary alicyclic amines) is 1. The number of nitrogens with zero attached hydrogens (tertiary/aromatic N) is 1. The predicted octanol–water partition coefficient (Wildman–Crippen LogP) is 0.373. The Bertz CT molecular complexity index is 259. The fraction of sp³-hybridized carbons (Fsp3) is 0.923. The molecule has 1 fully saturated rings. The topological polar surface area (TPSA) is 61.8 Å². The summed E-state index contributed by atoms with van der Waals surface area (Å²) < 4.78 is 4.83. The molecule has 2 N–H and O–H groups in total. The van der Waals surface area contributed by atoms with Gasteiger partial charge in [-0.3, -0.25) is 9.69 Å². The third-order valence-corrected chi connectivity index (χ3v) is 3.38. The second-order valence-corrected chi connectivity index (χ2v) is 5.20. The van der Waals surface area contributed by atoms with Crippen LogP contribution in [0.3, 0.4) is 0 Å². The number of amides is 1. The van der Waals surface area contributed by atoms with Gasteiger partial charge in [0.25, 0.3) is 0 Å². The number of carbonyl (C=O) groups is 1. The van der Waals surface area contributed by atoms with Crippen LogP contribution >= 0.6 is 0 Å². The van der Waals surface area contributed by atoms with Gasteiger partial charge in [-0.25, -0.2) is 0 Å². The summed E-state index contributed by atoms with van der Waals surface area (Å²) in [5.74, 6) is 0.0264. The van der Waals surface area contributed by atoms with Crippen LogP contribution in [0.1, 0.15) is 33.1 Å². The van der Waals surface area contributed by atoms with E-state index in [4.69, 9.17) is 4.74 Å². The predicted molar refractivity (Wildman–Crippen MR) is 70.4 cm³/mol. The normalized spacial score (nSPS) is 23.1. The Labute approximate surface area is 109 Å². The summed E-state index contributed by atoms with van der Waals surface area (Å²) in [5.41, 5.74) is 0. The number of nitrogens with one attached hydrogen (secondary N) is 1. The molecule has 0 aliphatic carbocycles. The van der Waals surface area contributed by atoms with Crippen LogP contribution in [0.4, 0.5) is 0 Å². The Morgan fingerprint density at radius 1 is 1.50 bits per heavy atom. The van der Waals surface area contributed by atoms with Gasteiger partial charge >= 0.3 is 0 Å². The van der Waals surface area contributed by atoms with Gasteiger partial charge in [0.2, 0.25) is 5.91 Å². The van der Waals surface area contributed by atoms with E-state index < -0.39 is 6.10 Å². The highest BCUT2D eigenvalue weighted by Gasteiger charge is 2.30. The number of piperidine rings is 1. The molecule has 2 unspecified atom stereocenters. The van der Waals surface area contributed by atoms with Crippen LogP contribution in [0.5, 0.6) is 0 Å². The molecule has 1 aliphatic heterocycles. The Kier molecular flexibility index (Phi) is 6.60. The lowest BCUT2D eigenvalue weighted by atomic mass is 9.99. The number of rotatable bonds is 6. The van der Waals surface area contributed by atoms with Gasteiger partial charge in [-0.05, 0) is 33.2 Å². The molecule has 1 aliphatic rings. The molecule has 1 saturated heterocycles. The van der Waals surface area contributed by atoms with E-state index in [1.165, 1.54) is 7.11 Å². The third-order valence-electron chi connectivity index (χ3n) is 3.38. The molecule has 5 nitrogen and oxygen atoms in total. The number of carbonyl (C=O) groups excluding carboxylic acids is 1. The van der Waals surface area contributed by atoms with Gasteiger partial charge in [-0.1, -0.05) is 6.42 Å². The average Bonchev–Trinajstić information content (AvgIpc) is 2.36. The molecule has 0 aromatic rings. The lowest BCUT2D eigenvalue weighted by Gasteiger charge is -2.37. The maximum Gasteiger partial charge on any atom is 0.237 e. The summed E-state index contributed by atoms with van der Waals surface area (Å²) in [6.45, 7) is 5.72. The molecule has 18 heavy (non-hydrogen) atoms. The maximum atomic E-state index is 12.1. The third kappa shape index (κ3) is 4.55. The summed E-state index contributed by atoms with van der Waals surface area (Å²) >= 11 is 0. The molecule has 0 aromatic heterocycles. The van der Waals surface area contributed by atoms with E-state index in [0.29, 0.717) is 6.04 Å². The van der Waals surface area contributed by atoms with Crippen molar-refractivity contribution in [3.8, 4) is 0 Å². The Hall–Kier alpha value is -0.650. The van der Waals surface area contributed by atoms with Crippen molar-refractivity contribution in [3.63, 3.8) is 0 Å². The van der Waals surface area contributed by atoms with E-state index in [9.17, 15) is 9.90 Å². The van der Waals surface area contributed by atoms with Gasteiger partial charge in [0.15, 0.2) is 0 Å². The summed E-state index contributed by atoms with van der Waals surface area (Å²) in [6.07, 6.45) is 2.54. The number of aliphatic hydroxyl groups is 1. The van der Waals surface area contributed by atoms with E-state index in [2.05, 4.69) is 24.1 Å². The minimum atomic E-state index is -0.630. The SMILES string of the molecule is COCC(O)CNC(=O)C1CCCCN1C(C)C. The number of aliphatic hydroxyl groups excluding tert-OH is 1. The van der Waals surface area contributed by atoms with Crippen molar-refractivity contribution in [2.24, 2.45) is 0 Å². The molecule has 106 valence electrons. The molecule has 0 spiro atoms. The summed E-state index contributed by atoms with van der Waals surface area (Å²) in [5, 5.41) is 12.3. The first kappa shape index (κ1) is 15.4. The van der Waals surface area contributed by atoms with Crippen LogP contribution in [0.15, 0.2) is 0 Å². The molecule has 0 radical (unpaired) electrons. The zero-order valence-corrected chi connectivity index (χ0v) is 11.7. The van der Waals surface area contributed by atoms with E-state index >= 15 is 0 Å². The van der Waals surface area contributed by atoms with Crippen molar-refractivity contribution in [2.75, 3.05) is 26.8 Å². The van der Waals surface area contributed by atoms with Crippen LogP contribution in [0, 0.1) is 0 Å². The smallest absolute Gasteiger partial charge is 0.237 e. The summed E-state index contributed by atoms with van der Waals surface area (Å²) in [7, 11) is 1.53. The molecular weight excluding hydrogens is 232 g/mol. The highest BCUT2D eigenvalue weighted by molar-refractivity contribution is 5.81. The molecule has 1 amide bonds. The Morgan fingerprint density at radius 3 is 2.83 bits per heavy atom. The molecule has 2 atom stereocenters. The molecule has 1 heterocycles. The summed E-state index contributed by atoms with van der Waals surface area (Å²) in [6, 6.07) is 0.332. The number of ether oxygens (including phenoxy) is 1. The minimum absolute atomic E-state index is 0.0264. The largest absolute Gasteiger partial charge is 0.389 e. The van der Waals surface area contributed by atoms with Gasteiger partial charge in [0.05, 0.1) is 18.8 Å². The van der Waals surface area contributed by atoms with Crippen molar-refractivity contribution in [3.05, 3.63) is 0 Å². The monoisotopic (exact) mass is 258 g/mol. The van der Waals surface area contributed by atoms with Crippen LogP contribution in [0.25, 0.3) is 0 Å². The average molecular weight is 258 g/mol. The highest BCUT2D eigenvalue weighted by atomic mass is 16.5. The van der Waals surface area contributed by atoms with E-state index in [-0.39, 0.29) is 25.1 Å². The zero-order valence-electron chi connectivity index (χ0n) is 11.7. The van der Waals surface area contributed by atoms with Gasteiger partial charge < -0.3 is 15.2 Å². The van der Waals surface area contributed by atoms with Crippen molar-refractivity contribution in [1.82, 2.24) is 10.2 Å². The second-order valence-electron chi connectivity index (χ2n) is 5.20.